The smallest absolute Gasteiger partial charge is 0.0893 e. The largest absolute Gasteiger partial charge is 0.255 e. The van der Waals surface area contributed by atoms with Crippen LogP contribution < -0.4 is 10.6 Å². The summed E-state index contributed by atoms with van der Waals surface area (Å²) in [4.78, 5) is 9.01. The van der Waals surface area contributed by atoms with Gasteiger partial charge in [0.15, 0.2) is 0 Å². The van der Waals surface area contributed by atoms with Crippen molar-refractivity contribution in [3.63, 3.8) is 0 Å². The quantitative estimate of drug-likeness (QED) is 0.734. The van der Waals surface area contributed by atoms with E-state index in [1.54, 1.807) is 6.20 Å². The number of hydrogen-bond acceptors (Lipinski definition) is 2. The SMILES string of the molecule is C[C@H]1C=c2nc(-c3ccccn3)ccc2=CC1. The van der Waals surface area contributed by atoms with Crippen LogP contribution in [-0.4, -0.2) is 9.97 Å². The fourth-order valence-electron chi connectivity index (χ4n) is 2.10. The van der Waals surface area contributed by atoms with Crippen LogP contribution in [0.15, 0.2) is 36.5 Å². The van der Waals surface area contributed by atoms with Crippen LogP contribution in [0.5, 0.6) is 0 Å². The van der Waals surface area contributed by atoms with E-state index in [4.69, 9.17) is 0 Å². The van der Waals surface area contributed by atoms with Gasteiger partial charge in [-0.25, -0.2) is 4.98 Å². The summed E-state index contributed by atoms with van der Waals surface area (Å²) >= 11 is 0. The van der Waals surface area contributed by atoms with Crippen LogP contribution in [0.1, 0.15) is 13.3 Å². The predicted octanol–water partition coefficient (Wildman–Crippen LogP) is 1.74. The molecule has 0 N–H and O–H groups in total. The molecule has 0 spiro atoms. The molecule has 1 aliphatic rings. The molecule has 3 rings (SSSR count). The summed E-state index contributed by atoms with van der Waals surface area (Å²) in [5, 5.41) is 2.33. The molecule has 0 saturated heterocycles. The van der Waals surface area contributed by atoms with Crippen molar-refractivity contribution >= 4 is 12.2 Å². The first-order valence-corrected chi connectivity index (χ1v) is 5.93. The molecule has 2 heteroatoms. The molecular weight excluding hydrogens is 208 g/mol. The highest BCUT2D eigenvalue weighted by Gasteiger charge is 2.04. The molecule has 2 aromatic rings. The Bertz CT molecular complexity index is 644. The standard InChI is InChI=1S/C15H14N2/c1-11-5-6-12-7-8-14(17-15(12)10-11)13-4-2-3-9-16-13/h2-4,6-11H,5H2,1H3/t11-/m1/s1. The summed E-state index contributed by atoms with van der Waals surface area (Å²) in [6.07, 6.45) is 7.41. The lowest BCUT2D eigenvalue weighted by Crippen LogP contribution is -2.31. The number of nitrogens with zero attached hydrogens (tertiary/aromatic N) is 2. The Hall–Kier alpha value is -1.96. The molecular formula is C15H14N2. The van der Waals surface area contributed by atoms with Gasteiger partial charge in [0, 0.05) is 6.20 Å². The van der Waals surface area contributed by atoms with E-state index in [9.17, 15) is 0 Å². The zero-order valence-electron chi connectivity index (χ0n) is 9.80. The zero-order chi connectivity index (χ0) is 11.7. The molecule has 0 saturated carbocycles. The van der Waals surface area contributed by atoms with E-state index in [1.165, 1.54) is 5.22 Å². The van der Waals surface area contributed by atoms with E-state index < -0.39 is 0 Å². The van der Waals surface area contributed by atoms with Gasteiger partial charge in [-0.05, 0) is 35.8 Å². The normalized spacial score (nSPS) is 17.8. The van der Waals surface area contributed by atoms with Gasteiger partial charge in [0.05, 0.1) is 16.7 Å². The van der Waals surface area contributed by atoms with Crippen LogP contribution in [0, 0.1) is 5.92 Å². The van der Waals surface area contributed by atoms with Crippen molar-refractivity contribution in [2.45, 2.75) is 13.3 Å². The minimum atomic E-state index is 0.578. The van der Waals surface area contributed by atoms with E-state index in [1.807, 2.05) is 24.3 Å². The third-order valence-corrected chi connectivity index (χ3v) is 3.04. The lowest BCUT2D eigenvalue weighted by atomic mass is 10.0. The van der Waals surface area contributed by atoms with Crippen molar-refractivity contribution in [3.05, 3.63) is 47.1 Å². The van der Waals surface area contributed by atoms with Crippen LogP contribution in [0.4, 0.5) is 0 Å². The predicted molar refractivity (Wildman–Crippen MR) is 69.4 cm³/mol. The Balaban J connectivity index is 2.17. The van der Waals surface area contributed by atoms with Crippen molar-refractivity contribution in [1.82, 2.24) is 9.97 Å². The number of fused-ring (bicyclic) bond motifs is 1. The van der Waals surface area contributed by atoms with Gasteiger partial charge in [0.1, 0.15) is 0 Å². The minimum absolute atomic E-state index is 0.578. The Kier molecular flexibility index (Phi) is 2.48. The second-order valence-electron chi connectivity index (χ2n) is 4.47. The molecule has 0 aromatic carbocycles. The van der Waals surface area contributed by atoms with E-state index in [0.717, 1.165) is 23.2 Å². The molecule has 1 atom stereocenters. The summed E-state index contributed by atoms with van der Waals surface area (Å²) < 4.78 is 0. The molecule has 0 amide bonds. The average Bonchev–Trinajstić information content (AvgIpc) is 2.39. The van der Waals surface area contributed by atoms with Gasteiger partial charge in [-0.3, -0.25) is 4.98 Å². The molecule has 0 aliphatic heterocycles. The first-order chi connectivity index (χ1) is 8.33. The molecule has 0 radical (unpaired) electrons. The van der Waals surface area contributed by atoms with Gasteiger partial charge >= 0.3 is 0 Å². The molecule has 2 aromatic heterocycles. The molecule has 0 bridgehead atoms. The van der Waals surface area contributed by atoms with Gasteiger partial charge in [-0.15, -0.1) is 0 Å². The van der Waals surface area contributed by atoms with Crippen molar-refractivity contribution in [1.29, 1.82) is 0 Å². The number of pyridine rings is 2. The molecule has 17 heavy (non-hydrogen) atoms. The highest BCUT2D eigenvalue weighted by molar-refractivity contribution is 5.54. The van der Waals surface area contributed by atoms with Crippen molar-refractivity contribution in [2.75, 3.05) is 0 Å². The van der Waals surface area contributed by atoms with Crippen molar-refractivity contribution in [3.8, 4) is 11.4 Å². The first-order valence-electron chi connectivity index (χ1n) is 5.93. The second kappa shape index (κ2) is 4.13. The zero-order valence-corrected chi connectivity index (χ0v) is 9.80. The molecule has 1 aliphatic carbocycles. The summed E-state index contributed by atoms with van der Waals surface area (Å²) in [5.74, 6) is 0.578. The second-order valence-corrected chi connectivity index (χ2v) is 4.47. The molecule has 2 nitrogen and oxygen atoms in total. The maximum absolute atomic E-state index is 4.68. The molecule has 84 valence electrons. The third-order valence-electron chi connectivity index (χ3n) is 3.04. The van der Waals surface area contributed by atoms with Gasteiger partial charge in [-0.2, -0.15) is 0 Å². The Labute approximate surface area is 100 Å². The first kappa shape index (κ1) is 10.2. The van der Waals surface area contributed by atoms with Crippen LogP contribution in [0.3, 0.4) is 0 Å². The Morgan fingerprint density at radius 1 is 1.12 bits per heavy atom. The summed E-state index contributed by atoms with van der Waals surface area (Å²) in [6.45, 7) is 2.22. The van der Waals surface area contributed by atoms with E-state index in [0.29, 0.717) is 5.92 Å². The van der Waals surface area contributed by atoms with Gasteiger partial charge in [-0.1, -0.05) is 31.2 Å². The van der Waals surface area contributed by atoms with E-state index in [-0.39, 0.29) is 0 Å². The molecule has 0 unspecified atom stereocenters. The molecule has 0 fully saturated rings. The fraction of sp³-hybridized carbons (Fsp3) is 0.200. The van der Waals surface area contributed by atoms with Crippen molar-refractivity contribution < 1.29 is 0 Å². The third kappa shape index (κ3) is 1.98. The van der Waals surface area contributed by atoms with Gasteiger partial charge in [0.25, 0.3) is 0 Å². The maximum Gasteiger partial charge on any atom is 0.0893 e. The van der Waals surface area contributed by atoms with Crippen LogP contribution >= 0.6 is 0 Å². The maximum atomic E-state index is 4.68. The summed E-state index contributed by atoms with van der Waals surface area (Å²) in [5.41, 5.74) is 1.88. The van der Waals surface area contributed by atoms with Crippen LogP contribution in [0.25, 0.3) is 23.5 Å². The van der Waals surface area contributed by atoms with E-state index >= 15 is 0 Å². The van der Waals surface area contributed by atoms with Gasteiger partial charge < -0.3 is 0 Å². The topological polar surface area (TPSA) is 25.8 Å². The van der Waals surface area contributed by atoms with Crippen LogP contribution in [-0.2, 0) is 0 Å². The van der Waals surface area contributed by atoms with Crippen molar-refractivity contribution in [2.24, 2.45) is 5.92 Å². The average molecular weight is 222 g/mol. The number of hydrogen-bond donors (Lipinski definition) is 0. The number of aromatic nitrogens is 2. The lowest BCUT2D eigenvalue weighted by Gasteiger charge is -2.07. The Morgan fingerprint density at radius 3 is 2.88 bits per heavy atom. The Morgan fingerprint density at radius 2 is 2.06 bits per heavy atom. The fourth-order valence-corrected chi connectivity index (χ4v) is 2.10. The monoisotopic (exact) mass is 222 g/mol. The van der Waals surface area contributed by atoms with E-state index in [2.05, 4.69) is 35.1 Å². The highest BCUT2D eigenvalue weighted by Crippen LogP contribution is 2.11. The molecule has 2 heterocycles. The number of rotatable bonds is 1. The van der Waals surface area contributed by atoms with Crippen LogP contribution in [0.2, 0.25) is 0 Å². The van der Waals surface area contributed by atoms with Gasteiger partial charge in [0.2, 0.25) is 0 Å². The highest BCUT2D eigenvalue weighted by atomic mass is 14.8. The summed E-state index contributed by atoms with van der Waals surface area (Å²) in [6, 6.07) is 10.1. The summed E-state index contributed by atoms with van der Waals surface area (Å²) in [7, 11) is 0. The lowest BCUT2D eigenvalue weighted by molar-refractivity contribution is 0.795. The minimum Gasteiger partial charge on any atom is -0.255 e.